The largest absolute Gasteiger partial charge is 0.490 e. The third-order valence-electron chi connectivity index (χ3n) is 12.4. The quantitative estimate of drug-likeness (QED) is 0.284. The summed E-state index contributed by atoms with van der Waals surface area (Å²) in [5, 5.41) is 14.5. The van der Waals surface area contributed by atoms with Crippen LogP contribution in [0.2, 0.25) is 0 Å². The van der Waals surface area contributed by atoms with Crippen LogP contribution in [0.25, 0.3) is 0 Å². The number of amides is 1. The van der Waals surface area contributed by atoms with Gasteiger partial charge in [0.05, 0.1) is 0 Å². The van der Waals surface area contributed by atoms with Gasteiger partial charge in [0, 0.05) is 29.6 Å². The monoisotopic (exact) mass is 543 g/mol. The molecular weight excluding hydrogens is 502 g/mol. The molecule has 9 rings (SSSR count). The van der Waals surface area contributed by atoms with Gasteiger partial charge in [0.2, 0.25) is 5.60 Å². The highest BCUT2D eigenvalue weighted by Gasteiger charge is 2.83. The number of carbonyl (C=O) groups excluding carboxylic acids is 2. The van der Waals surface area contributed by atoms with Gasteiger partial charge in [-0.25, -0.2) is 0 Å². The van der Waals surface area contributed by atoms with Crippen molar-refractivity contribution in [3.63, 3.8) is 0 Å². The molecular formula is C34H41NO5. The first kappa shape index (κ1) is 25.3. The van der Waals surface area contributed by atoms with E-state index in [-0.39, 0.29) is 36.1 Å². The lowest BCUT2D eigenvalue weighted by molar-refractivity contribution is -0.145. The van der Waals surface area contributed by atoms with Gasteiger partial charge in [-0.1, -0.05) is 62.6 Å². The summed E-state index contributed by atoms with van der Waals surface area (Å²) in [5.74, 6) is 1.88. The summed E-state index contributed by atoms with van der Waals surface area (Å²) in [7, 11) is 0. The molecule has 2 unspecified atom stereocenters. The minimum absolute atomic E-state index is 0.0838. The molecule has 0 spiro atoms. The van der Waals surface area contributed by atoms with Crippen LogP contribution in [0.15, 0.2) is 47.1 Å². The second-order valence-electron chi connectivity index (χ2n) is 14.7. The van der Waals surface area contributed by atoms with E-state index in [1.807, 2.05) is 24.3 Å². The number of nitrogens with one attached hydrogen (secondary N) is 1. The van der Waals surface area contributed by atoms with Crippen molar-refractivity contribution in [3.8, 4) is 5.75 Å². The Hall–Kier alpha value is -2.44. The van der Waals surface area contributed by atoms with Crippen LogP contribution in [0.4, 0.5) is 0 Å². The lowest BCUT2D eigenvalue weighted by atomic mass is 9.53. The number of ketones is 1. The van der Waals surface area contributed by atoms with E-state index in [4.69, 9.17) is 9.47 Å². The average molecular weight is 544 g/mol. The molecule has 4 bridgehead atoms. The third kappa shape index (κ3) is 2.87. The van der Waals surface area contributed by atoms with Gasteiger partial charge >= 0.3 is 0 Å². The SMILES string of the molecule is CC1=C[C@@]2(C)C(=C(C)[C@H]3[C@H]4C[C@@H](C)C[C@@H](C)[C@@H]4[C@@H]4Oc5ccc(cc5)CC5(O)NC(=O)C6(O[C@H]56)C(=O)[C@H]2[C@H]43)[C@H]1C. The van der Waals surface area contributed by atoms with Crippen LogP contribution in [0.5, 0.6) is 5.75 Å². The fraction of sp³-hybridized carbons (Fsp3) is 0.647. The van der Waals surface area contributed by atoms with Crippen molar-refractivity contribution in [3.05, 3.63) is 52.6 Å². The minimum atomic E-state index is -1.64. The van der Waals surface area contributed by atoms with Gasteiger partial charge < -0.3 is 19.9 Å². The molecule has 4 aliphatic heterocycles. The number of allylic oxidation sites excluding steroid dienone is 4. The molecule has 40 heavy (non-hydrogen) atoms. The van der Waals surface area contributed by atoms with Crippen LogP contribution in [0.1, 0.15) is 59.9 Å². The molecule has 4 heterocycles. The van der Waals surface area contributed by atoms with Crippen molar-refractivity contribution in [1.82, 2.24) is 5.32 Å². The number of hydrogen-bond acceptors (Lipinski definition) is 5. The number of Topliss-reactive ketones (excluding diaryl/α,β-unsaturated/α-hetero) is 1. The van der Waals surface area contributed by atoms with Crippen molar-refractivity contribution < 1.29 is 24.2 Å². The van der Waals surface area contributed by atoms with Crippen molar-refractivity contribution in [1.29, 1.82) is 0 Å². The van der Waals surface area contributed by atoms with E-state index >= 15 is 4.79 Å². The highest BCUT2D eigenvalue weighted by molar-refractivity contribution is 6.16. The first-order valence-electron chi connectivity index (χ1n) is 15.3. The number of aliphatic hydroxyl groups is 1. The number of benzene rings is 1. The maximum absolute atomic E-state index is 15.1. The number of morpholine rings is 1. The van der Waals surface area contributed by atoms with E-state index in [0.717, 1.165) is 24.2 Å². The van der Waals surface area contributed by atoms with Crippen LogP contribution in [-0.2, 0) is 20.7 Å². The predicted molar refractivity (Wildman–Crippen MR) is 149 cm³/mol. The standard InChI is InChI=1S/C34H41NO5/c1-15-11-16(2)23-22(12-15)24-19(5)26-18(4)17(3)13-32(26,6)27-25(24)28(23)39-21-9-7-20(8-10-21)14-33(38)30-34(40-30,29(27)36)31(37)35-33/h7-10,13,15-16,18,22-25,27-28,30,38H,11-12,14H2,1-6H3,(H,35,37)/t15-,16+,18-,22-,23-,24-,25+,27+,28-,30+,32-,33?,34?/m0/s1. The molecule has 1 aromatic carbocycles. The Labute approximate surface area is 236 Å². The van der Waals surface area contributed by atoms with Crippen molar-refractivity contribution in [2.24, 2.45) is 52.8 Å². The number of ether oxygens (including phenoxy) is 2. The van der Waals surface area contributed by atoms with Crippen molar-refractivity contribution >= 4 is 11.7 Å². The molecule has 2 saturated carbocycles. The average Bonchev–Trinajstić information content (AvgIpc) is 3.45. The Morgan fingerprint density at radius 3 is 2.45 bits per heavy atom. The summed E-state index contributed by atoms with van der Waals surface area (Å²) >= 11 is 0. The number of epoxide rings is 1. The van der Waals surface area contributed by atoms with Crippen LogP contribution < -0.4 is 10.1 Å². The number of fused-ring (bicyclic) bond motifs is 5. The van der Waals surface area contributed by atoms with Gasteiger partial charge in [0.1, 0.15) is 11.9 Å². The Bertz CT molecular complexity index is 1410. The number of rotatable bonds is 0. The van der Waals surface area contributed by atoms with Gasteiger partial charge in [-0.15, -0.1) is 0 Å². The molecule has 1 aromatic rings. The maximum Gasteiger partial charge on any atom is 0.265 e. The minimum Gasteiger partial charge on any atom is -0.490 e. The smallest absolute Gasteiger partial charge is 0.265 e. The van der Waals surface area contributed by atoms with Crippen molar-refractivity contribution in [2.75, 3.05) is 0 Å². The van der Waals surface area contributed by atoms with Crippen LogP contribution in [-0.4, -0.2) is 40.3 Å². The van der Waals surface area contributed by atoms with E-state index < -0.39 is 34.7 Å². The fourth-order valence-corrected chi connectivity index (χ4v) is 11.2. The fourth-order valence-electron chi connectivity index (χ4n) is 11.2. The zero-order valence-electron chi connectivity index (χ0n) is 24.4. The first-order valence-corrected chi connectivity index (χ1v) is 15.3. The van der Waals surface area contributed by atoms with Crippen LogP contribution in [0, 0.1) is 52.8 Å². The molecule has 0 radical (unpaired) electrons. The highest BCUT2D eigenvalue weighted by Crippen LogP contribution is 2.69. The number of carbonyl (C=O) groups is 2. The van der Waals surface area contributed by atoms with Crippen LogP contribution in [0.3, 0.4) is 0 Å². The molecule has 2 N–H and O–H groups in total. The molecule has 6 nitrogen and oxygen atoms in total. The van der Waals surface area contributed by atoms with Gasteiger partial charge in [-0.2, -0.15) is 0 Å². The molecule has 8 aliphatic rings. The molecule has 6 heteroatoms. The maximum atomic E-state index is 15.1. The molecule has 1 amide bonds. The molecule has 0 aromatic heterocycles. The molecule has 4 fully saturated rings. The molecule has 13 atom stereocenters. The van der Waals surface area contributed by atoms with E-state index in [0.29, 0.717) is 23.7 Å². The third-order valence-corrected chi connectivity index (χ3v) is 12.4. The summed E-state index contributed by atoms with van der Waals surface area (Å²) in [4.78, 5) is 28.8. The Morgan fingerprint density at radius 1 is 1.02 bits per heavy atom. The predicted octanol–water partition coefficient (Wildman–Crippen LogP) is 4.61. The molecule has 4 aliphatic carbocycles. The van der Waals surface area contributed by atoms with Crippen LogP contribution >= 0.6 is 0 Å². The molecule has 212 valence electrons. The van der Waals surface area contributed by atoms with Gasteiger partial charge in [0.15, 0.2) is 17.6 Å². The Kier molecular flexibility index (Phi) is 4.86. The van der Waals surface area contributed by atoms with Crippen molar-refractivity contribution in [2.45, 2.75) is 84.3 Å². The van der Waals surface area contributed by atoms with Gasteiger partial charge in [0.25, 0.3) is 5.91 Å². The van der Waals surface area contributed by atoms with E-state index in [1.54, 1.807) is 0 Å². The Balaban J connectivity index is 1.39. The second kappa shape index (κ2) is 7.69. The van der Waals surface area contributed by atoms with E-state index in [9.17, 15) is 9.90 Å². The lowest BCUT2D eigenvalue weighted by Crippen LogP contribution is -2.55. The van der Waals surface area contributed by atoms with E-state index in [1.165, 1.54) is 16.7 Å². The topological polar surface area (TPSA) is 88.2 Å². The zero-order valence-corrected chi connectivity index (χ0v) is 24.4. The highest BCUT2D eigenvalue weighted by atomic mass is 16.6. The lowest BCUT2D eigenvalue weighted by Gasteiger charge is -2.49. The summed E-state index contributed by atoms with van der Waals surface area (Å²) in [6.07, 6.45) is 3.74. The number of hydrogen-bond donors (Lipinski definition) is 2. The summed E-state index contributed by atoms with van der Waals surface area (Å²) in [6.45, 7) is 13.7. The second-order valence-corrected chi connectivity index (χ2v) is 14.7. The normalized spacial score (nSPS) is 51.8. The van der Waals surface area contributed by atoms with Gasteiger partial charge in [-0.05, 0) is 74.0 Å². The summed E-state index contributed by atoms with van der Waals surface area (Å²) in [6, 6.07) is 7.91. The first-order chi connectivity index (χ1) is 18.9. The summed E-state index contributed by atoms with van der Waals surface area (Å²) < 4.78 is 13.1. The summed E-state index contributed by atoms with van der Waals surface area (Å²) in [5.41, 5.74) is 1.13. The molecule has 2 saturated heterocycles. The Morgan fingerprint density at radius 2 is 1.75 bits per heavy atom. The van der Waals surface area contributed by atoms with E-state index in [2.05, 4.69) is 52.9 Å². The van der Waals surface area contributed by atoms with Gasteiger partial charge in [-0.3, -0.25) is 9.59 Å². The zero-order chi connectivity index (χ0) is 28.1.